The van der Waals surface area contributed by atoms with Gasteiger partial charge in [0, 0.05) is 36.0 Å². The molecule has 2 aliphatic heterocycles. The molecule has 0 spiro atoms. The summed E-state index contributed by atoms with van der Waals surface area (Å²) < 4.78 is 0. The van der Waals surface area contributed by atoms with Crippen LogP contribution in [-0.4, -0.2) is 53.3 Å². The number of rotatable bonds is 4. The summed E-state index contributed by atoms with van der Waals surface area (Å²) in [7, 11) is 0. The van der Waals surface area contributed by atoms with Crippen molar-refractivity contribution in [3.8, 4) is 11.3 Å². The van der Waals surface area contributed by atoms with Crippen LogP contribution in [0, 0.1) is 0 Å². The molecule has 2 saturated heterocycles. The highest BCUT2D eigenvalue weighted by Gasteiger charge is 2.37. The summed E-state index contributed by atoms with van der Waals surface area (Å²) in [6.45, 7) is 13.6. The molecule has 2 aromatic rings. The Kier molecular flexibility index (Phi) is 5.98. The maximum absolute atomic E-state index is 10.2. The maximum atomic E-state index is 10.2. The quantitative estimate of drug-likeness (QED) is 0.679. The predicted molar refractivity (Wildman–Crippen MR) is 134 cm³/mol. The summed E-state index contributed by atoms with van der Waals surface area (Å²) in [4.78, 5) is 7.68. The van der Waals surface area contributed by atoms with Crippen molar-refractivity contribution >= 4 is 11.3 Å². The number of nitrogens with zero attached hydrogens (tertiary/aromatic N) is 2. The van der Waals surface area contributed by atoms with E-state index in [1.807, 2.05) is 11.3 Å². The first-order valence-corrected chi connectivity index (χ1v) is 13.4. The predicted octanol–water partition coefficient (Wildman–Crippen LogP) is 5.06. The SMILES string of the molecule is CC1(C)CCC(C)(C)c2cc(-c3csc(C4CCCN(C[C@H]5NCC[C@@H]5O)C4)n3)ccc21. The average molecular weight is 454 g/mol. The Morgan fingerprint density at radius 3 is 2.66 bits per heavy atom. The van der Waals surface area contributed by atoms with Gasteiger partial charge in [-0.15, -0.1) is 11.3 Å². The summed E-state index contributed by atoms with van der Waals surface area (Å²) in [5, 5.41) is 17.2. The number of aliphatic hydroxyl groups excluding tert-OH is 1. The first kappa shape index (κ1) is 22.5. The third-order valence-electron chi connectivity index (χ3n) is 8.29. The van der Waals surface area contributed by atoms with Crippen molar-refractivity contribution in [1.82, 2.24) is 15.2 Å². The van der Waals surface area contributed by atoms with Gasteiger partial charge < -0.3 is 15.3 Å². The zero-order valence-corrected chi connectivity index (χ0v) is 21.0. The van der Waals surface area contributed by atoms with Crippen LogP contribution in [0.4, 0.5) is 0 Å². The number of piperidine rings is 1. The third-order valence-corrected chi connectivity index (χ3v) is 9.30. The normalized spacial score (nSPS) is 29.7. The van der Waals surface area contributed by atoms with Gasteiger partial charge in [0.2, 0.25) is 0 Å². The van der Waals surface area contributed by atoms with Crippen molar-refractivity contribution in [2.75, 3.05) is 26.2 Å². The molecule has 1 unspecified atom stereocenters. The van der Waals surface area contributed by atoms with Gasteiger partial charge in [-0.1, -0.05) is 39.8 Å². The van der Waals surface area contributed by atoms with Crippen LogP contribution in [0.5, 0.6) is 0 Å². The number of fused-ring (bicyclic) bond motifs is 1. The molecule has 3 heterocycles. The van der Waals surface area contributed by atoms with Gasteiger partial charge in [0.05, 0.1) is 16.8 Å². The Bertz CT molecular complexity index is 966. The monoisotopic (exact) mass is 453 g/mol. The molecule has 2 N–H and O–H groups in total. The highest BCUT2D eigenvalue weighted by molar-refractivity contribution is 7.10. The second-order valence-electron chi connectivity index (χ2n) is 11.6. The van der Waals surface area contributed by atoms with E-state index >= 15 is 0 Å². The highest BCUT2D eigenvalue weighted by atomic mass is 32.1. The van der Waals surface area contributed by atoms with E-state index in [1.54, 1.807) is 0 Å². The maximum Gasteiger partial charge on any atom is 0.0976 e. The number of thiazole rings is 1. The number of aromatic nitrogens is 1. The fourth-order valence-electron chi connectivity index (χ4n) is 6.00. The summed E-state index contributed by atoms with van der Waals surface area (Å²) in [5.41, 5.74) is 5.90. The van der Waals surface area contributed by atoms with Crippen LogP contribution in [0.1, 0.15) is 81.9 Å². The zero-order valence-electron chi connectivity index (χ0n) is 20.2. The van der Waals surface area contributed by atoms with E-state index in [9.17, 15) is 5.11 Å². The van der Waals surface area contributed by atoms with Gasteiger partial charge in [0.25, 0.3) is 0 Å². The van der Waals surface area contributed by atoms with Crippen molar-refractivity contribution in [2.45, 2.75) is 88.7 Å². The Hall–Kier alpha value is -1.27. The Morgan fingerprint density at radius 1 is 1.12 bits per heavy atom. The smallest absolute Gasteiger partial charge is 0.0976 e. The topological polar surface area (TPSA) is 48.4 Å². The Balaban J connectivity index is 1.34. The fraction of sp³-hybridized carbons (Fsp3) is 0.667. The number of aliphatic hydroxyl groups is 1. The lowest BCUT2D eigenvalue weighted by Crippen LogP contribution is -2.45. The molecule has 0 radical (unpaired) electrons. The molecular formula is C27H39N3OS. The standard InChI is InChI=1S/C27H39N3OS/c1-26(2)10-11-27(3,4)21-14-18(7-8-20(21)26)23-17-32-25(29-23)19-6-5-13-30(15-19)16-22-24(31)9-12-28-22/h7-8,14,17,19,22,24,28,31H,5-6,9-13,15-16H2,1-4H3/t19?,22-,24+/m1/s1. The van der Waals surface area contributed by atoms with Crippen LogP contribution in [0.15, 0.2) is 23.6 Å². The van der Waals surface area contributed by atoms with E-state index in [-0.39, 0.29) is 23.0 Å². The molecule has 5 heteroatoms. The van der Waals surface area contributed by atoms with Crippen LogP contribution in [0.3, 0.4) is 0 Å². The van der Waals surface area contributed by atoms with Gasteiger partial charge >= 0.3 is 0 Å². The molecule has 32 heavy (non-hydrogen) atoms. The van der Waals surface area contributed by atoms with E-state index in [0.717, 1.165) is 38.3 Å². The van der Waals surface area contributed by atoms with Crippen molar-refractivity contribution in [3.63, 3.8) is 0 Å². The number of likely N-dealkylation sites (tertiary alicyclic amines) is 1. The zero-order chi connectivity index (χ0) is 22.5. The lowest BCUT2D eigenvalue weighted by atomic mass is 9.63. The first-order valence-electron chi connectivity index (χ1n) is 12.5. The summed E-state index contributed by atoms with van der Waals surface area (Å²) in [5.74, 6) is 0.508. The van der Waals surface area contributed by atoms with Crippen LogP contribution < -0.4 is 5.32 Å². The molecular weight excluding hydrogens is 414 g/mol. The molecule has 0 saturated carbocycles. The second-order valence-corrected chi connectivity index (χ2v) is 12.5. The second kappa shape index (κ2) is 8.50. The van der Waals surface area contributed by atoms with Crippen LogP contribution >= 0.6 is 11.3 Å². The number of hydrogen-bond donors (Lipinski definition) is 2. The van der Waals surface area contributed by atoms with E-state index in [2.05, 4.69) is 61.5 Å². The Morgan fingerprint density at radius 2 is 1.91 bits per heavy atom. The minimum atomic E-state index is -0.194. The van der Waals surface area contributed by atoms with Crippen molar-refractivity contribution < 1.29 is 5.11 Å². The molecule has 0 amide bonds. The summed E-state index contributed by atoms with van der Waals surface area (Å²) in [6, 6.07) is 7.31. The van der Waals surface area contributed by atoms with Gasteiger partial charge in [-0.2, -0.15) is 0 Å². The van der Waals surface area contributed by atoms with Crippen molar-refractivity contribution in [2.24, 2.45) is 0 Å². The van der Waals surface area contributed by atoms with E-state index in [0.29, 0.717) is 5.92 Å². The number of nitrogens with one attached hydrogen (secondary N) is 1. The largest absolute Gasteiger partial charge is 0.391 e. The van der Waals surface area contributed by atoms with Crippen LogP contribution in [-0.2, 0) is 10.8 Å². The summed E-state index contributed by atoms with van der Waals surface area (Å²) in [6.07, 6.45) is 5.60. The first-order chi connectivity index (χ1) is 15.2. The average Bonchev–Trinajstić information content (AvgIpc) is 3.41. The highest BCUT2D eigenvalue weighted by Crippen LogP contribution is 2.47. The van der Waals surface area contributed by atoms with Gasteiger partial charge in [-0.3, -0.25) is 0 Å². The molecule has 4 nitrogen and oxygen atoms in total. The molecule has 1 aliphatic carbocycles. The molecule has 2 fully saturated rings. The van der Waals surface area contributed by atoms with Gasteiger partial charge in [0.15, 0.2) is 0 Å². The van der Waals surface area contributed by atoms with Crippen LogP contribution in [0.25, 0.3) is 11.3 Å². The molecule has 5 rings (SSSR count). The van der Waals surface area contributed by atoms with Crippen molar-refractivity contribution in [3.05, 3.63) is 39.7 Å². The van der Waals surface area contributed by atoms with Gasteiger partial charge in [-0.05, 0) is 73.2 Å². The minimum absolute atomic E-state index is 0.194. The van der Waals surface area contributed by atoms with Gasteiger partial charge in [-0.25, -0.2) is 4.98 Å². The lowest BCUT2D eigenvalue weighted by molar-refractivity contribution is 0.117. The molecule has 1 aromatic heterocycles. The molecule has 0 bridgehead atoms. The fourth-order valence-corrected chi connectivity index (χ4v) is 6.95. The van der Waals surface area contributed by atoms with E-state index < -0.39 is 0 Å². The molecule has 174 valence electrons. The molecule has 3 atom stereocenters. The van der Waals surface area contributed by atoms with Crippen LogP contribution in [0.2, 0.25) is 0 Å². The molecule has 3 aliphatic rings. The Labute approximate surface area is 197 Å². The van der Waals surface area contributed by atoms with Crippen molar-refractivity contribution in [1.29, 1.82) is 0 Å². The summed E-state index contributed by atoms with van der Waals surface area (Å²) >= 11 is 1.83. The number of hydrogen-bond acceptors (Lipinski definition) is 5. The lowest BCUT2D eigenvalue weighted by Gasteiger charge is -2.42. The van der Waals surface area contributed by atoms with E-state index in [1.165, 1.54) is 47.4 Å². The third kappa shape index (κ3) is 4.29. The molecule has 1 aromatic carbocycles. The van der Waals surface area contributed by atoms with Gasteiger partial charge in [0.1, 0.15) is 0 Å². The number of benzene rings is 1. The van der Waals surface area contributed by atoms with E-state index in [4.69, 9.17) is 4.98 Å². The minimum Gasteiger partial charge on any atom is -0.391 e.